The Bertz CT molecular complexity index is 1360. The zero-order valence-electron chi connectivity index (χ0n) is 21.3. The summed E-state index contributed by atoms with van der Waals surface area (Å²) in [4.78, 5) is 0. The van der Waals surface area contributed by atoms with E-state index in [2.05, 4.69) is 175 Å². The second-order valence-electron chi connectivity index (χ2n) is 9.36. The van der Waals surface area contributed by atoms with Gasteiger partial charge in [-0.1, -0.05) is 133 Å². The zero-order chi connectivity index (χ0) is 25.3. The highest BCUT2D eigenvalue weighted by molar-refractivity contribution is 7.19. The van der Waals surface area contributed by atoms with Gasteiger partial charge in [0.25, 0.3) is 0 Å². The van der Waals surface area contributed by atoms with Crippen LogP contribution in [0.5, 0.6) is 0 Å². The molecule has 0 saturated carbocycles. The second kappa shape index (κ2) is 11.5. The van der Waals surface area contributed by atoms with Crippen molar-refractivity contribution in [2.45, 2.75) is 13.5 Å². The summed E-state index contributed by atoms with van der Waals surface area (Å²) in [5.74, 6) is 0. The molecule has 180 valence electrons. The quantitative estimate of drug-likeness (QED) is 0.237. The SMILES string of the molecule is CC[n+]1cccc2ccccc21.c1ccc([B-](c2ccccc2)(c2ccccc2)c2ccccc2)cc1. The molecule has 37 heavy (non-hydrogen) atoms. The van der Waals surface area contributed by atoms with E-state index in [1.54, 1.807) is 0 Å². The second-order valence-corrected chi connectivity index (χ2v) is 9.36. The molecular weight excluding hydrogens is 445 g/mol. The fourth-order valence-electron chi connectivity index (χ4n) is 5.62. The van der Waals surface area contributed by atoms with Crippen LogP contribution < -0.4 is 26.4 Å². The molecule has 0 aliphatic rings. The molecule has 6 rings (SSSR count). The van der Waals surface area contributed by atoms with Crippen LogP contribution in [0.1, 0.15) is 6.92 Å². The number of aryl methyl sites for hydroxylation is 1. The van der Waals surface area contributed by atoms with Gasteiger partial charge >= 0.3 is 0 Å². The van der Waals surface area contributed by atoms with Gasteiger partial charge in [-0.05, 0) is 19.1 Å². The Balaban J connectivity index is 0.000000195. The number of hydrogen-bond acceptors (Lipinski definition) is 0. The van der Waals surface area contributed by atoms with E-state index in [-0.39, 0.29) is 0 Å². The third kappa shape index (κ3) is 4.97. The predicted octanol–water partition coefficient (Wildman–Crippen LogP) is 5.21. The van der Waals surface area contributed by atoms with E-state index in [1.807, 2.05) is 0 Å². The van der Waals surface area contributed by atoms with E-state index in [9.17, 15) is 0 Å². The maximum Gasteiger partial charge on any atom is 0.212 e. The summed E-state index contributed by atoms with van der Waals surface area (Å²) < 4.78 is 2.25. The third-order valence-corrected chi connectivity index (χ3v) is 7.33. The lowest BCUT2D eigenvalue weighted by Gasteiger charge is -2.44. The molecule has 0 N–H and O–H groups in total. The van der Waals surface area contributed by atoms with Crippen LogP contribution in [0.4, 0.5) is 0 Å². The van der Waals surface area contributed by atoms with Crippen molar-refractivity contribution in [1.82, 2.24) is 0 Å². The molecule has 1 nitrogen and oxygen atoms in total. The molecule has 5 aromatic carbocycles. The van der Waals surface area contributed by atoms with Crippen LogP contribution >= 0.6 is 0 Å². The first-order chi connectivity index (χ1) is 18.3. The average Bonchev–Trinajstić information content (AvgIpc) is 3.00. The summed E-state index contributed by atoms with van der Waals surface area (Å²) in [6.45, 7) is 3.19. The molecule has 0 spiro atoms. The van der Waals surface area contributed by atoms with Gasteiger partial charge in [-0.25, -0.2) is 0 Å². The maximum atomic E-state index is 2.26. The van der Waals surface area contributed by atoms with Crippen LogP contribution in [0.2, 0.25) is 0 Å². The first kappa shape index (κ1) is 24.3. The van der Waals surface area contributed by atoms with Crippen LogP contribution in [-0.4, -0.2) is 6.15 Å². The molecule has 0 aliphatic carbocycles. The molecule has 0 bridgehead atoms. The molecule has 0 amide bonds. The molecular formula is C35H32BN. The Morgan fingerprint density at radius 3 is 1.19 bits per heavy atom. The summed E-state index contributed by atoms with van der Waals surface area (Å²) in [6.07, 6.45) is 0.898. The van der Waals surface area contributed by atoms with Crippen LogP contribution in [-0.2, 0) is 6.54 Å². The van der Waals surface area contributed by atoms with Gasteiger partial charge in [-0.15, -0.1) is 0 Å². The largest absolute Gasteiger partial charge is 0.212 e. The van der Waals surface area contributed by atoms with Gasteiger partial charge in [0.1, 0.15) is 12.7 Å². The Labute approximate surface area is 220 Å². The molecule has 0 fully saturated rings. The van der Waals surface area contributed by atoms with Crippen molar-refractivity contribution in [3.63, 3.8) is 0 Å². The third-order valence-electron chi connectivity index (χ3n) is 7.33. The molecule has 6 aromatic rings. The summed E-state index contributed by atoms with van der Waals surface area (Å²) in [5.41, 5.74) is 6.66. The van der Waals surface area contributed by atoms with Gasteiger partial charge < -0.3 is 0 Å². The van der Waals surface area contributed by atoms with Crippen LogP contribution in [0.15, 0.2) is 164 Å². The van der Waals surface area contributed by atoms with Gasteiger partial charge in [0, 0.05) is 17.5 Å². The van der Waals surface area contributed by atoms with Crippen molar-refractivity contribution in [3.8, 4) is 0 Å². The minimum atomic E-state index is -1.22. The highest BCUT2D eigenvalue weighted by Gasteiger charge is 2.31. The lowest BCUT2D eigenvalue weighted by Crippen LogP contribution is -2.74. The Hall–Kier alpha value is -4.43. The van der Waals surface area contributed by atoms with E-state index in [0.717, 1.165) is 6.54 Å². The molecule has 2 heteroatoms. The number of benzene rings is 5. The molecule has 0 atom stereocenters. The van der Waals surface area contributed by atoms with E-state index in [4.69, 9.17) is 0 Å². The summed E-state index contributed by atoms with van der Waals surface area (Å²) in [7, 11) is 0. The van der Waals surface area contributed by atoms with E-state index in [1.165, 1.54) is 32.8 Å². The number of fused-ring (bicyclic) bond motifs is 1. The van der Waals surface area contributed by atoms with E-state index in [0.29, 0.717) is 0 Å². The maximum absolute atomic E-state index is 2.26. The molecule has 1 heterocycles. The summed E-state index contributed by atoms with van der Waals surface area (Å²) >= 11 is 0. The lowest BCUT2D eigenvalue weighted by atomic mass is 9.13. The zero-order valence-corrected chi connectivity index (χ0v) is 21.3. The average molecular weight is 477 g/mol. The van der Waals surface area contributed by atoms with Crippen molar-refractivity contribution in [1.29, 1.82) is 0 Å². The minimum absolute atomic E-state index is 1.03. The topological polar surface area (TPSA) is 3.88 Å². The normalized spacial score (nSPS) is 10.9. The summed E-state index contributed by atoms with van der Waals surface area (Å²) in [6, 6.07) is 56.2. The molecule has 0 unspecified atom stereocenters. The van der Waals surface area contributed by atoms with Crippen LogP contribution in [0.25, 0.3) is 10.9 Å². The fraction of sp³-hybridized carbons (Fsp3) is 0.0571. The van der Waals surface area contributed by atoms with Crippen molar-refractivity contribution >= 4 is 38.9 Å². The number of pyridine rings is 1. The minimum Gasteiger partial charge on any atom is -0.199 e. The number of para-hydroxylation sites is 1. The first-order valence-corrected chi connectivity index (χ1v) is 13.1. The van der Waals surface area contributed by atoms with Gasteiger partial charge in [-0.2, -0.15) is 26.4 Å². The number of rotatable bonds is 5. The Morgan fingerprint density at radius 2 is 0.784 bits per heavy atom. The van der Waals surface area contributed by atoms with Gasteiger partial charge in [0.15, 0.2) is 6.20 Å². The monoisotopic (exact) mass is 477 g/mol. The van der Waals surface area contributed by atoms with E-state index >= 15 is 0 Å². The van der Waals surface area contributed by atoms with Crippen molar-refractivity contribution in [3.05, 3.63) is 164 Å². The van der Waals surface area contributed by atoms with Gasteiger partial charge in [-0.3, -0.25) is 0 Å². The van der Waals surface area contributed by atoms with Crippen LogP contribution in [0, 0.1) is 0 Å². The molecule has 1 aromatic heterocycles. The number of hydrogen-bond donors (Lipinski definition) is 0. The fourth-order valence-corrected chi connectivity index (χ4v) is 5.62. The van der Waals surface area contributed by atoms with Gasteiger partial charge in [0.05, 0.1) is 0 Å². The highest BCUT2D eigenvalue weighted by Crippen LogP contribution is 2.09. The predicted molar refractivity (Wildman–Crippen MR) is 160 cm³/mol. The van der Waals surface area contributed by atoms with Crippen molar-refractivity contribution in [2.75, 3.05) is 0 Å². The lowest BCUT2D eigenvalue weighted by molar-refractivity contribution is -0.667. The Morgan fingerprint density at radius 1 is 0.432 bits per heavy atom. The Kier molecular flexibility index (Phi) is 7.57. The first-order valence-electron chi connectivity index (χ1n) is 13.1. The smallest absolute Gasteiger partial charge is 0.199 e. The highest BCUT2D eigenvalue weighted by atomic mass is 14.9. The summed E-state index contributed by atoms with van der Waals surface area (Å²) in [5, 5.41) is 1.31. The van der Waals surface area contributed by atoms with E-state index < -0.39 is 6.15 Å². The molecule has 0 radical (unpaired) electrons. The molecule has 0 saturated heterocycles. The van der Waals surface area contributed by atoms with Crippen molar-refractivity contribution in [2.24, 2.45) is 0 Å². The van der Waals surface area contributed by atoms with Crippen molar-refractivity contribution < 1.29 is 4.57 Å². The molecule has 0 aliphatic heterocycles. The number of nitrogens with zero attached hydrogens (tertiary/aromatic N) is 1. The standard InChI is InChI=1S/C24H20B.C11H12N/c1-5-13-21(14-6-1)25(22-15-7-2-8-16-22,23-17-9-3-10-18-23)24-19-11-4-12-20-24;1-2-12-9-5-7-10-6-3-4-8-11(10)12/h1-20H;3-9H,2H2,1H3/q-1;+1. The van der Waals surface area contributed by atoms with Gasteiger partial charge in [0.2, 0.25) is 5.52 Å². The van der Waals surface area contributed by atoms with Crippen LogP contribution in [0.3, 0.4) is 0 Å². The number of aromatic nitrogens is 1.